The van der Waals surface area contributed by atoms with Crippen molar-refractivity contribution in [3.05, 3.63) is 23.3 Å². The molecule has 2 saturated carbocycles. The molecule has 3 fully saturated rings. The van der Waals surface area contributed by atoms with Crippen molar-refractivity contribution >= 4 is 11.8 Å². The number of carboxylic acids is 1. The summed E-state index contributed by atoms with van der Waals surface area (Å²) in [6.45, 7) is 1.57. The summed E-state index contributed by atoms with van der Waals surface area (Å²) < 4.78 is 44.5. The minimum Gasteiger partial charge on any atom is -0.504 e. The van der Waals surface area contributed by atoms with Crippen LogP contribution in [-0.4, -0.2) is 93.4 Å². The standard InChI is InChI=1S/C23H29NO6.C2HF3O2/c25-11-15(26)12-29-23-6-5-17(28)21-22(23)7-8-24(10-13-1-2-13)18(23)9-14-3-4-16(27)20(30-21)19(14)22;3-2(4,5)1(6)7/h3-4,13,15,18,21,25-27H,1-2,5-12H2;(H,6,7)/t15?,18-,21+,22+,23?;/m1./s1. The maximum absolute atomic E-state index is 13.1. The van der Waals surface area contributed by atoms with Crippen molar-refractivity contribution in [1.29, 1.82) is 0 Å². The van der Waals surface area contributed by atoms with Crippen molar-refractivity contribution in [2.75, 3.05) is 26.3 Å². The first kappa shape index (κ1) is 26.2. The minimum absolute atomic E-state index is 0.0242. The quantitative estimate of drug-likeness (QED) is 0.433. The summed E-state index contributed by atoms with van der Waals surface area (Å²) in [5.74, 6) is -1.44. The lowest BCUT2D eigenvalue weighted by Crippen LogP contribution is -2.77. The number of rotatable bonds is 6. The number of phenolic OH excluding ortho intramolecular Hbond substituents is 1. The van der Waals surface area contributed by atoms with Gasteiger partial charge in [-0.25, -0.2) is 4.79 Å². The molecule has 37 heavy (non-hydrogen) atoms. The van der Waals surface area contributed by atoms with E-state index >= 15 is 0 Å². The number of piperidine rings is 1. The summed E-state index contributed by atoms with van der Waals surface area (Å²) in [5.41, 5.74) is 0.749. The van der Waals surface area contributed by atoms with E-state index in [2.05, 4.69) is 4.90 Å². The number of nitrogens with zero attached hydrogens (tertiary/aromatic N) is 1. The highest BCUT2D eigenvalue weighted by molar-refractivity contribution is 5.90. The molecule has 2 unspecified atom stereocenters. The van der Waals surface area contributed by atoms with Gasteiger partial charge in [-0.15, -0.1) is 0 Å². The fourth-order valence-electron chi connectivity index (χ4n) is 6.83. The third-order valence-corrected chi connectivity index (χ3v) is 8.50. The molecule has 12 heteroatoms. The Kier molecular flexibility index (Phi) is 6.45. The van der Waals surface area contributed by atoms with Crippen LogP contribution < -0.4 is 4.74 Å². The van der Waals surface area contributed by atoms with E-state index in [1.807, 2.05) is 6.07 Å². The Balaban J connectivity index is 0.000000355. The molecule has 2 aliphatic heterocycles. The lowest BCUT2D eigenvalue weighted by molar-refractivity contribution is -0.222. The number of hydrogen-bond acceptors (Lipinski definition) is 8. The molecule has 5 atom stereocenters. The Morgan fingerprint density at radius 2 is 1.97 bits per heavy atom. The predicted octanol–water partition coefficient (Wildman–Crippen LogP) is 1.54. The summed E-state index contributed by atoms with van der Waals surface area (Å²) in [5, 5.41) is 37.2. The van der Waals surface area contributed by atoms with Crippen LogP contribution in [0.2, 0.25) is 0 Å². The van der Waals surface area contributed by atoms with Gasteiger partial charge in [0.1, 0.15) is 6.10 Å². The highest BCUT2D eigenvalue weighted by Gasteiger charge is 2.74. The number of aromatic hydroxyl groups is 1. The second-order valence-corrected chi connectivity index (χ2v) is 10.6. The Bertz CT molecular complexity index is 1090. The van der Waals surface area contributed by atoms with Crippen molar-refractivity contribution in [2.24, 2.45) is 5.92 Å². The Hall–Kier alpha value is -2.41. The largest absolute Gasteiger partial charge is 0.504 e. The molecule has 204 valence electrons. The summed E-state index contributed by atoms with van der Waals surface area (Å²) in [6.07, 6.45) is -1.73. The first-order valence-corrected chi connectivity index (χ1v) is 12.5. The van der Waals surface area contributed by atoms with Gasteiger partial charge in [0.05, 0.1) is 24.2 Å². The number of ketones is 1. The van der Waals surface area contributed by atoms with Crippen molar-refractivity contribution in [3.8, 4) is 11.5 Å². The highest BCUT2D eigenvalue weighted by Crippen LogP contribution is 2.66. The summed E-state index contributed by atoms with van der Waals surface area (Å²) >= 11 is 0. The van der Waals surface area contributed by atoms with Gasteiger partial charge in [0.2, 0.25) is 0 Å². The first-order chi connectivity index (χ1) is 17.4. The van der Waals surface area contributed by atoms with E-state index in [9.17, 15) is 33.3 Å². The molecular formula is C25H30F3NO8. The zero-order valence-corrected chi connectivity index (χ0v) is 20.0. The second-order valence-electron chi connectivity index (χ2n) is 10.6. The van der Waals surface area contributed by atoms with Crippen LogP contribution in [0.1, 0.15) is 43.2 Å². The van der Waals surface area contributed by atoms with Crippen LogP contribution in [0.25, 0.3) is 0 Å². The zero-order chi connectivity index (χ0) is 26.8. The van der Waals surface area contributed by atoms with Crippen LogP contribution in [0.3, 0.4) is 0 Å². The Labute approximate surface area is 210 Å². The number of ether oxygens (including phenoxy) is 2. The van der Waals surface area contributed by atoms with Crippen LogP contribution in [0.5, 0.6) is 11.5 Å². The van der Waals surface area contributed by atoms with Crippen LogP contribution in [-0.2, 0) is 26.2 Å². The third kappa shape index (κ3) is 4.08. The summed E-state index contributed by atoms with van der Waals surface area (Å²) in [4.78, 5) is 24.5. The van der Waals surface area contributed by atoms with E-state index < -0.39 is 35.4 Å². The number of Topliss-reactive ketones (excluding diaryl/α,β-unsaturated/α-hetero) is 1. The van der Waals surface area contributed by atoms with E-state index in [1.54, 1.807) is 6.07 Å². The lowest BCUT2D eigenvalue weighted by atomic mass is 9.48. The number of aliphatic carboxylic acids is 1. The Morgan fingerprint density at radius 3 is 2.59 bits per heavy atom. The molecule has 5 aliphatic rings. The van der Waals surface area contributed by atoms with E-state index in [4.69, 9.17) is 19.4 Å². The van der Waals surface area contributed by atoms with Gasteiger partial charge in [-0.2, -0.15) is 13.2 Å². The number of aliphatic hydroxyl groups excluding tert-OH is 2. The lowest BCUT2D eigenvalue weighted by Gasteiger charge is -2.64. The van der Waals surface area contributed by atoms with E-state index in [-0.39, 0.29) is 30.8 Å². The maximum atomic E-state index is 13.1. The molecule has 9 nitrogen and oxygen atoms in total. The number of phenols is 1. The van der Waals surface area contributed by atoms with Crippen molar-refractivity contribution in [2.45, 2.75) is 74.0 Å². The number of likely N-dealkylation sites (tertiary alicyclic amines) is 1. The highest BCUT2D eigenvalue weighted by atomic mass is 19.4. The van der Waals surface area contributed by atoms with Crippen LogP contribution >= 0.6 is 0 Å². The molecule has 1 spiro atoms. The zero-order valence-electron chi connectivity index (χ0n) is 20.0. The van der Waals surface area contributed by atoms with Gasteiger partial charge in [-0.3, -0.25) is 9.69 Å². The smallest absolute Gasteiger partial charge is 0.490 e. The van der Waals surface area contributed by atoms with Gasteiger partial charge in [-0.1, -0.05) is 6.07 Å². The normalized spacial score (nSPS) is 32.6. The molecule has 1 saturated heterocycles. The SMILES string of the molecule is O=C(O)C(F)(F)F.O=C1CCC2(OCC(O)CO)[C@H]3Cc4ccc(O)c5c4[C@@]2(CCN3CC2CC2)[C@H]1O5. The van der Waals surface area contributed by atoms with Gasteiger partial charge in [-0.05, 0) is 56.2 Å². The van der Waals surface area contributed by atoms with Crippen LogP contribution in [0, 0.1) is 5.92 Å². The summed E-state index contributed by atoms with van der Waals surface area (Å²) in [6, 6.07) is 3.73. The van der Waals surface area contributed by atoms with E-state index in [1.165, 1.54) is 12.8 Å². The van der Waals surface area contributed by atoms with E-state index in [0.29, 0.717) is 18.6 Å². The van der Waals surface area contributed by atoms with Crippen LogP contribution in [0.15, 0.2) is 12.1 Å². The fraction of sp³-hybridized carbons (Fsp3) is 0.680. The third-order valence-electron chi connectivity index (χ3n) is 8.50. The molecule has 4 N–H and O–H groups in total. The Morgan fingerprint density at radius 1 is 1.27 bits per heavy atom. The number of carbonyl (C=O) groups is 2. The molecule has 1 aromatic rings. The topological polar surface area (TPSA) is 137 Å². The molecule has 2 bridgehead atoms. The molecule has 0 aromatic heterocycles. The van der Waals surface area contributed by atoms with Gasteiger partial charge >= 0.3 is 12.1 Å². The number of halogens is 3. The number of alkyl halides is 3. The average molecular weight is 530 g/mol. The van der Waals surface area contributed by atoms with Crippen molar-refractivity contribution in [1.82, 2.24) is 4.90 Å². The maximum Gasteiger partial charge on any atom is 0.490 e. The van der Waals surface area contributed by atoms with Crippen molar-refractivity contribution in [3.63, 3.8) is 0 Å². The monoisotopic (exact) mass is 529 g/mol. The molecule has 3 aliphatic carbocycles. The molecule has 0 radical (unpaired) electrons. The van der Waals surface area contributed by atoms with Crippen molar-refractivity contribution < 1.29 is 52.7 Å². The predicted molar refractivity (Wildman–Crippen MR) is 120 cm³/mol. The number of benzene rings is 1. The molecule has 2 heterocycles. The van der Waals surface area contributed by atoms with Gasteiger partial charge in [0, 0.05) is 24.6 Å². The second kappa shape index (κ2) is 9.11. The van der Waals surface area contributed by atoms with Gasteiger partial charge in [0.15, 0.2) is 23.4 Å². The fourth-order valence-corrected chi connectivity index (χ4v) is 6.83. The molecular weight excluding hydrogens is 499 g/mol. The average Bonchev–Trinajstić information content (AvgIpc) is 3.59. The molecule has 0 amide bonds. The number of hydrogen-bond donors (Lipinski definition) is 4. The molecule has 6 rings (SSSR count). The number of aliphatic hydroxyl groups is 2. The van der Waals surface area contributed by atoms with Gasteiger partial charge < -0.3 is 29.9 Å². The summed E-state index contributed by atoms with van der Waals surface area (Å²) in [7, 11) is 0. The van der Waals surface area contributed by atoms with Gasteiger partial charge in [0.25, 0.3) is 0 Å². The first-order valence-electron chi connectivity index (χ1n) is 12.5. The minimum atomic E-state index is -5.08. The van der Waals surface area contributed by atoms with E-state index in [0.717, 1.165) is 43.0 Å². The number of carbonyl (C=O) groups excluding carboxylic acids is 1. The van der Waals surface area contributed by atoms with Crippen LogP contribution in [0.4, 0.5) is 13.2 Å². The number of carboxylic acid groups (broad SMARTS) is 1. The molecule has 1 aromatic carbocycles.